The van der Waals surface area contributed by atoms with E-state index in [1.54, 1.807) is 19.2 Å². The van der Waals surface area contributed by atoms with E-state index in [9.17, 15) is 0 Å². The number of hydrogen-bond donors (Lipinski definition) is 1. The maximum Gasteiger partial charge on any atom is 0.131 e. The van der Waals surface area contributed by atoms with Crippen molar-refractivity contribution in [1.82, 2.24) is 4.98 Å². The van der Waals surface area contributed by atoms with Gasteiger partial charge in [0.05, 0.1) is 15.3 Å². The second kappa shape index (κ2) is 4.63. The Hall–Kier alpha value is -0.540. The standard InChI is InChI=1S/C8H7ClIN3/c1-5(3-11)13-7-2-8(9)12-4-6(7)10/h2,4-5H,1H3,(H,12,13). The van der Waals surface area contributed by atoms with E-state index in [1.807, 2.05) is 0 Å². The number of nitrogens with one attached hydrogen (secondary N) is 1. The third-order valence-electron chi connectivity index (χ3n) is 1.39. The van der Waals surface area contributed by atoms with Crippen molar-refractivity contribution in [2.75, 3.05) is 5.32 Å². The fourth-order valence-corrected chi connectivity index (χ4v) is 1.40. The summed E-state index contributed by atoms with van der Waals surface area (Å²) < 4.78 is 0.948. The minimum Gasteiger partial charge on any atom is -0.369 e. The van der Waals surface area contributed by atoms with E-state index in [4.69, 9.17) is 16.9 Å². The van der Waals surface area contributed by atoms with Gasteiger partial charge in [-0.1, -0.05) is 11.6 Å². The molecule has 0 aliphatic heterocycles. The summed E-state index contributed by atoms with van der Waals surface area (Å²) in [5.74, 6) is 0. The SMILES string of the molecule is CC(C#N)Nc1cc(Cl)ncc1I. The summed E-state index contributed by atoms with van der Waals surface area (Å²) in [4.78, 5) is 3.91. The molecule has 0 aliphatic rings. The lowest BCUT2D eigenvalue weighted by Crippen LogP contribution is -2.13. The molecule has 0 radical (unpaired) electrons. The van der Waals surface area contributed by atoms with Crippen LogP contribution in [-0.4, -0.2) is 11.0 Å². The van der Waals surface area contributed by atoms with Crippen molar-refractivity contribution < 1.29 is 0 Å². The highest BCUT2D eigenvalue weighted by atomic mass is 127. The molecule has 0 spiro atoms. The minimum atomic E-state index is -0.230. The predicted molar refractivity (Wildman–Crippen MR) is 60.7 cm³/mol. The first-order valence-corrected chi connectivity index (χ1v) is 5.06. The molecular formula is C8H7ClIN3. The van der Waals surface area contributed by atoms with Gasteiger partial charge in [0.2, 0.25) is 0 Å². The number of nitrogens with zero attached hydrogens (tertiary/aromatic N) is 2. The number of hydrogen-bond acceptors (Lipinski definition) is 3. The van der Waals surface area contributed by atoms with Crippen LogP contribution in [0.15, 0.2) is 12.3 Å². The van der Waals surface area contributed by atoms with Gasteiger partial charge in [0.15, 0.2) is 0 Å². The van der Waals surface area contributed by atoms with Crippen LogP contribution in [0.4, 0.5) is 5.69 Å². The van der Waals surface area contributed by atoms with Gasteiger partial charge in [-0.3, -0.25) is 0 Å². The van der Waals surface area contributed by atoms with E-state index >= 15 is 0 Å². The van der Waals surface area contributed by atoms with Gasteiger partial charge in [-0.15, -0.1) is 0 Å². The first kappa shape index (κ1) is 10.5. The van der Waals surface area contributed by atoms with Crippen molar-refractivity contribution in [3.05, 3.63) is 21.0 Å². The van der Waals surface area contributed by atoms with Crippen molar-refractivity contribution in [1.29, 1.82) is 5.26 Å². The molecule has 1 unspecified atom stereocenters. The monoisotopic (exact) mass is 307 g/mol. The molecule has 0 bridgehead atoms. The van der Waals surface area contributed by atoms with Gasteiger partial charge >= 0.3 is 0 Å². The predicted octanol–water partition coefficient (Wildman–Crippen LogP) is 2.66. The summed E-state index contributed by atoms with van der Waals surface area (Å²) >= 11 is 7.84. The average Bonchev–Trinajstić information content (AvgIpc) is 2.11. The summed E-state index contributed by atoms with van der Waals surface area (Å²) in [5.41, 5.74) is 0.842. The second-order valence-corrected chi connectivity index (χ2v) is 4.03. The number of anilines is 1. The highest BCUT2D eigenvalue weighted by molar-refractivity contribution is 14.1. The van der Waals surface area contributed by atoms with Gasteiger partial charge < -0.3 is 5.32 Å². The fourth-order valence-electron chi connectivity index (χ4n) is 0.789. The smallest absolute Gasteiger partial charge is 0.131 e. The minimum absolute atomic E-state index is 0.230. The normalized spacial score (nSPS) is 11.8. The van der Waals surface area contributed by atoms with E-state index in [0.29, 0.717) is 5.15 Å². The average molecular weight is 308 g/mol. The van der Waals surface area contributed by atoms with E-state index in [0.717, 1.165) is 9.26 Å². The molecule has 0 amide bonds. The zero-order valence-corrected chi connectivity index (χ0v) is 9.80. The Morgan fingerprint density at radius 1 is 1.77 bits per heavy atom. The summed E-state index contributed by atoms with van der Waals surface area (Å²) in [5, 5.41) is 12.0. The summed E-state index contributed by atoms with van der Waals surface area (Å²) in [6.45, 7) is 1.78. The Kier molecular flexibility index (Phi) is 3.75. The molecule has 0 saturated heterocycles. The number of rotatable bonds is 2. The summed E-state index contributed by atoms with van der Waals surface area (Å²) in [7, 11) is 0. The maximum atomic E-state index is 8.59. The van der Waals surface area contributed by atoms with Gasteiger partial charge in [-0.25, -0.2) is 4.98 Å². The summed E-state index contributed by atoms with van der Waals surface area (Å²) in [6, 6.07) is 3.56. The molecule has 1 rings (SSSR count). The molecule has 1 aromatic rings. The Labute approximate surface area is 95.3 Å². The van der Waals surface area contributed by atoms with Crippen LogP contribution in [0.25, 0.3) is 0 Å². The molecule has 5 heteroatoms. The molecule has 1 heterocycles. The molecule has 0 aromatic carbocycles. The molecule has 3 nitrogen and oxygen atoms in total. The lowest BCUT2D eigenvalue weighted by atomic mass is 10.3. The van der Waals surface area contributed by atoms with Crippen LogP contribution in [-0.2, 0) is 0 Å². The largest absolute Gasteiger partial charge is 0.369 e. The van der Waals surface area contributed by atoms with Gasteiger partial charge in [-0.2, -0.15) is 5.26 Å². The quantitative estimate of drug-likeness (QED) is 0.675. The van der Waals surface area contributed by atoms with Crippen molar-refractivity contribution in [2.24, 2.45) is 0 Å². The Morgan fingerprint density at radius 3 is 3.08 bits per heavy atom. The summed E-state index contributed by atoms with van der Waals surface area (Å²) in [6.07, 6.45) is 1.66. The molecule has 1 atom stereocenters. The number of aromatic nitrogens is 1. The fraction of sp³-hybridized carbons (Fsp3) is 0.250. The first-order chi connectivity index (χ1) is 6.13. The first-order valence-electron chi connectivity index (χ1n) is 3.60. The molecule has 0 saturated carbocycles. The molecule has 13 heavy (non-hydrogen) atoms. The zero-order valence-electron chi connectivity index (χ0n) is 6.88. The molecule has 0 fully saturated rings. The third-order valence-corrected chi connectivity index (χ3v) is 2.45. The van der Waals surface area contributed by atoms with Crippen LogP contribution in [0.1, 0.15) is 6.92 Å². The van der Waals surface area contributed by atoms with Crippen LogP contribution in [0.5, 0.6) is 0 Å². The number of pyridine rings is 1. The Bertz CT molecular complexity index is 348. The molecule has 1 N–H and O–H groups in total. The van der Waals surface area contributed by atoms with Crippen molar-refractivity contribution in [3.63, 3.8) is 0 Å². The third kappa shape index (κ3) is 3.01. The van der Waals surface area contributed by atoms with E-state index < -0.39 is 0 Å². The van der Waals surface area contributed by atoms with Gasteiger partial charge in [-0.05, 0) is 35.6 Å². The topological polar surface area (TPSA) is 48.7 Å². The number of halogens is 2. The Balaban J connectivity index is 2.88. The van der Waals surface area contributed by atoms with Crippen LogP contribution in [0.2, 0.25) is 5.15 Å². The molecular weight excluding hydrogens is 300 g/mol. The van der Waals surface area contributed by atoms with E-state index in [1.165, 1.54) is 0 Å². The van der Waals surface area contributed by atoms with Crippen molar-refractivity contribution in [3.8, 4) is 6.07 Å². The highest BCUT2D eigenvalue weighted by Gasteiger charge is 2.04. The lowest BCUT2D eigenvalue weighted by molar-refractivity contribution is 1.01. The van der Waals surface area contributed by atoms with Gasteiger partial charge in [0.25, 0.3) is 0 Å². The number of nitriles is 1. The van der Waals surface area contributed by atoms with Crippen molar-refractivity contribution in [2.45, 2.75) is 13.0 Å². The van der Waals surface area contributed by atoms with Crippen LogP contribution >= 0.6 is 34.2 Å². The van der Waals surface area contributed by atoms with E-state index in [2.05, 4.69) is 39.0 Å². The molecule has 0 aliphatic carbocycles. The van der Waals surface area contributed by atoms with Crippen molar-refractivity contribution >= 4 is 39.9 Å². The van der Waals surface area contributed by atoms with Gasteiger partial charge in [0, 0.05) is 6.20 Å². The molecule has 1 aromatic heterocycles. The molecule has 68 valence electrons. The van der Waals surface area contributed by atoms with Crippen LogP contribution in [0.3, 0.4) is 0 Å². The van der Waals surface area contributed by atoms with Crippen LogP contribution < -0.4 is 5.32 Å². The van der Waals surface area contributed by atoms with Gasteiger partial charge in [0.1, 0.15) is 11.2 Å². The maximum absolute atomic E-state index is 8.59. The lowest BCUT2D eigenvalue weighted by Gasteiger charge is -2.09. The van der Waals surface area contributed by atoms with Crippen LogP contribution in [0, 0.1) is 14.9 Å². The Morgan fingerprint density at radius 2 is 2.46 bits per heavy atom. The highest BCUT2D eigenvalue weighted by Crippen LogP contribution is 2.20. The second-order valence-electron chi connectivity index (χ2n) is 2.48. The van der Waals surface area contributed by atoms with E-state index in [-0.39, 0.29) is 6.04 Å². The zero-order chi connectivity index (χ0) is 9.84.